The van der Waals surface area contributed by atoms with E-state index in [2.05, 4.69) is 11.2 Å². The van der Waals surface area contributed by atoms with Crippen molar-refractivity contribution in [3.8, 4) is 6.07 Å². The fourth-order valence-corrected chi connectivity index (χ4v) is 1.01. The Balaban J connectivity index is 2.84. The van der Waals surface area contributed by atoms with Crippen LogP contribution in [0.5, 0.6) is 0 Å². The average molecular weight is 165 g/mol. The molecule has 0 aromatic carbocycles. The Morgan fingerprint density at radius 1 is 1.83 bits per heavy atom. The predicted molar refractivity (Wildman–Crippen MR) is 44.6 cm³/mol. The van der Waals surface area contributed by atoms with Crippen molar-refractivity contribution in [2.45, 2.75) is 20.4 Å². The van der Waals surface area contributed by atoms with Crippen LogP contribution in [-0.4, -0.2) is 9.78 Å². The number of hydrogen-bond acceptors (Lipinski definition) is 2. The number of nitriles is 1. The minimum Gasteiger partial charge on any atom is -0.300 e. The number of rotatable bonds is 2. The first-order valence-corrected chi connectivity index (χ1v) is 3.79. The number of nitrogens with zero attached hydrogens (tertiary/aromatic N) is 2. The van der Waals surface area contributed by atoms with Crippen LogP contribution in [0.25, 0.3) is 0 Å². The first kappa shape index (κ1) is 8.60. The minimum absolute atomic E-state index is 0.0744. The van der Waals surface area contributed by atoms with Gasteiger partial charge in [-0.3, -0.25) is 14.6 Å². The van der Waals surface area contributed by atoms with E-state index in [4.69, 9.17) is 5.26 Å². The van der Waals surface area contributed by atoms with E-state index < -0.39 is 0 Å². The summed E-state index contributed by atoms with van der Waals surface area (Å²) in [5.74, 6) is -0.138. The highest BCUT2D eigenvalue weighted by molar-refractivity contribution is 4.96. The summed E-state index contributed by atoms with van der Waals surface area (Å²) < 4.78 is 1.45. The van der Waals surface area contributed by atoms with E-state index in [0.29, 0.717) is 6.54 Å². The standard InChI is InChI=1S/C8H11N3O/c1-6(4-9)5-11-8(12)3-7(2)10-11/h3,6,10H,5H2,1-2H3. The first-order chi connectivity index (χ1) is 5.63. The van der Waals surface area contributed by atoms with Crippen LogP contribution in [0, 0.1) is 24.2 Å². The molecular weight excluding hydrogens is 154 g/mol. The van der Waals surface area contributed by atoms with Gasteiger partial charge in [0.1, 0.15) is 0 Å². The molecular formula is C8H11N3O. The van der Waals surface area contributed by atoms with Gasteiger partial charge in [0, 0.05) is 11.8 Å². The van der Waals surface area contributed by atoms with Gasteiger partial charge in [0.15, 0.2) is 0 Å². The lowest BCUT2D eigenvalue weighted by Gasteiger charge is -2.01. The molecule has 0 bridgehead atoms. The summed E-state index contributed by atoms with van der Waals surface area (Å²) in [6.07, 6.45) is 0. The Kier molecular flexibility index (Phi) is 2.34. The van der Waals surface area contributed by atoms with Gasteiger partial charge in [0.05, 0.1) is 18.5 Å². The molecule has 1 atom stereocenters. The molecule has 0 aliphatic rings. The Bertz CT molecular complexity index is 355. The molecule has 4 nitrogen and oxygen atoms in total. The molecule has 0 aliphatic carbocycles. The lowest BCUT2D eigenvalue weighted by molar-refractivity contribution is 0.513. The SMILES string of the molecule is Cc1cc(=O)n(CC(C)C#N)[nH]1. The molecule has 1 aromatic heterocycles. The smallest absolute Gasteiger partial charge is 0.266 e. The molecule has 1 heterocycles. The highest BCUT2D eigenvalue weighted by Gasteiger charge is 2.03. The van der Waals surface area contributed by atoms with Crippen LogP contribution in [-0.2, 0) is 6.54 Å². The quantitative estimate of drug-likeness (QED) is 0.699. The summed E-state index contributed by atoms with van der Waals surface area (Å²) in [7, 11) is 0. The molecule has 0 spiro atoms. The van der Waals surface area contributed by atoms with Crippen LogP contribution >= 0.6 is 0 Å². The van der Waals surface area contributed by atoms with Crippen molar-refractivity contribution < 1.29 is 0 Å². The third-order valence-electron chi connectivity index (χ3n) is 1.59. The molecule has 0 saturated carbocycles. The molecule has 64 valence electrons. The van der Waals surface area contributed by atoms with Crippen LogP contribution in [0.1, 0.15) is 12.6 Å². The maximum absolute atomic E-state index is 11.1. The van der Waals surface area contributed by atoms with Gasteiger partial charge in [-0.15, -0.1) is 0 Å². The predicted octanol–water partition coefficient (Wildman–Crippen LogP) is 0.644. The first-order valence-electron chi connectivity index (χ1n) is 3.79. The Hall–Kier alpha value is -1.50. The third-order valence-corrected chi connectivity index (χ3v) is 1.59. The van der Waals surface area contributed by atoms with Gasteiger partial charge >= 0.3 is 0 Å². The summed E-state index contributed by atoms with van der Waals surface area (Å²) in [6.45, 7) is 4.03. The summed E-state index contributed by atoms with van der Waals surface area (Å²) in [5.41, 5.74) is 0.750. The van der Waals surface area contributed by atoms with E-state index in [1.165, 1.54) is 10.7 Å². The molecule has 0 radical (unpaired) electrons. The minimum atomic E-state index is -0.138. The van der Waals surface area contributed by atoms with Crippen molar-refractivity contribution in [2.75, 3.05) is 0 Å². The van der Waals surface area contributed by atoms with E-state index in [9.17, 15) is 4.79 Å². The molecule has 0 saturated heterocycles. The van der Waals surface area contributed by atoms with Crippen LogP contribution < -0.4 is 5.56 Å². The molecule has 1 rings (SSSR count). The van der Waals surface area contributed by atoms with Crippen molar-refractivity contribution in [1.82, 2.24) is 9.78 Å². The summed E-state index contributed by atoms with van der Waals surface area (Å²) in [4.78, 5) is 11.1. The number of aromatic nitrogens is 2. The number of aryl methyl sites for hydroxylation is 1. The Morgan fingerprint density at radius 3 is 2.92 bits per heavy atom. The molecule has 1 aromatic rings. The van der Waals surface area contributed by atoms with Crippen LogP contribution in [0.2, 0.25) is 0 Å². The molecule has 12 heavy (non-hydrogen) atoms. The second kappa shape index (κ2) is 3.26. The summed E-state index contributed by atoms with van der Waals surface area (Å²) in [6, 6.07) is 3.59. The second-order valence-corrected chi connectivity index (χ2v) is 2.92. The van der Waals surface area contributed by atoms with E-state index >= 15 is 0 Å². The molecule has 0 fully saturated rings. The second-order valence-electron chi connectivity index (χ2n) is 2.92. The van der Waals surface area contributed by atoms with E-state index in [1.54, 1.807) is 6.92 Å². The van der Waals surface area contributed by atoms with E-state index in [1.807, 2.05) is 6.92 Å². The molecule has 1 N–H and O–H groups in total. The number of aromatic amines is 1. The zero-order valence-electron chi connectivity index (χ0n) is 7.16. The maximum Gasteiger partial charge on any atom is 0.266 e. The molecule has 0 amide bonds. The molecule has 4 heteroatoms. The van der Waals surface area contributed by atoms with Gasteiger partial charge in [-0.25, -0.2) is 0 Å². The monoisotopic (exact) mass is 165 g/mol. The van der Waals surface area contributed by atoms with Gasteiger partial charge in [0.25, 0.3) is 5.56 Å². The number of nitrogens with one attached hydrogen (secondary N) is 1. The third kappa shape index (κ3) is 1.76. The van der Waals surface area contributed by atoms with Crippen molar-refractivity contribution in [1.29, 1.82) is 5.26 Å². The highest BCUT2D eigenvalue weighted by Crippen LogP contribution is 1.95. The van der Waals surface area contributed by atoms with E-state index in [0.717, 1.165) is 5.69 Å². The molecule has 1 unspecified atom stereocenters. The van der Waals surface area contributed by atoms with Crippen LogP contribution in [0.15, 0.2) is 10.9 Å². The summed E-state index contributed by atoms with van der Waals surface area (Å²) in [5, 5.41) is 11.4. The highest BCUT2D eigenvalue weighted by atomic mass is 16.1. The normalized spacial score (nSPS) is 12.4. The zero-order chi connectivity index (χ0) is 9.14. The van der Waals surface area contributed by atoms with Crippen LogP contribution in [0.4, 0.5) is 0 Å². The van der Waals surface area contributed by atoms with Crippen LogP contribution in [0.3, 0.4) is 0 Å². The Morgan fingerprint density at radius 2 is 2.50 bits per heavy atom. The van der Waals surface area contributed by atoms with Crippen molar-refractivity contribution in [3.05, 3.63) is 22.1 Å². The number of hydrogen-bond donors (Lipinski definition) is 1. The lowest BCUT2D eigenvalue weighted by atomic mass is 10.2. The van der Waals surface area contributed by atoms with Gasteiger partial charge in [-0.2, -0.15) is 5.26 Å². The topological polar surface area (TPSA) is 61.6 Å². The van der Waals surface area contributed by atoms with Crippen molar-refractivity contribution in [3.63, 3.8) is 0 Å². The fourth-order valence-electron chi connectivity index (χ4n) is 1.01. The van der Waals surface area contributed by atoms with Gasteiger partial charge < -0.3 is 0 Å². The van der Waals surface area contributed by atoms with Gasteiger partial charge in [-0.1, -0.05) is 0 Å². The zero-order valence-corrected chi connectivity index (χ0v) is 7.16. The average Bonchev–Trinajstić information content (AvgIpc) is 2.30. The number of H-pyrrole nitrogens is 1. The largest absolute Gasteiger partial charge is 0.300 e. The maximum atomic E-state index is 11.1. The Labute approximate surface area is 70.4 Å². The fraction of sp³-hybridized carbons (Fsp3) is 0.500. The summed E-state index contributed by atoms with van der Waals surface area (Å²) >= 11 is 0. The van der Waals surface area contributed by atoms with Gasteiger partial charge in [-0.05, 0) is 13.8 Å². The van der Waals surface area contributed by atoms with Crippen molar-refractivity contribution in [2.24, 2.45) is 5.92 Å². The van der Waals surface area contributed by atoms with E-state index in [-0.39, 0.29) is 11.5 Å². The lowest BCUT2D eigenvalue weighted by Crippen LogP contribution is -2.19. The molecule has 0 aliphatic heterocycles. The van der Waals surface area contributed by atoms with Crippen molar-refractivity contribution >= 4 is 0 Å². The van der Waals surface area contributed by atoms with Gasteiger partial charge in [0.2, 0.25) is 0 Å².